The van der Waals surface area contributed by atoms with E-state index in [0.29, 0.717) is 19.4 Å². The number of aromatic nitrogens is 1. The van der Waals surface area contributed by atoms with Gasteiger partial charge in [-0.2, -0.15) is 13.2 Å². The lowest BCUT2D eigenvalue weighted by molar-refractivity contribution is -0.137. The van der Waals surface area contributed by atoms with Crippen LogP contribution in [0.5, 0.6) is 0 Å². The zero-order chi connectivity index (χ0) is 14.0. The highest BCUT2D eigenvalue weighted by Gasteiger charge is 2.33. The van der Waals surface area contributed by atoms with Crippen LogP contribution >= 0.6 is 0 Å². The number of hydrogen-bond acceptors (Lipinski definition) is 3. The Morgan fingerprint density at radius 1 is 1.47 bits per heavy atom. The zero-order valence-electron chi connectivity index (χ0n) is 9.81. The molecule has 1 fully saturated rings. The maximum absolute atomic E-state index is 12.6. The lowest BCUT2D eigenvalue weighted by atomic mass is 10.2. The molecule has 0 radical (unpaired) electrons. The average molecular weight is 275 g/mol. The van der Waals surface area contributed by atoms with E-state index < -0.39 is 24.0 Å². The summed E-state index contributed by atoms with van der Waals surface area (Å²) in [6, 6.07) is 0.981. The summed E-state index contributed by atoms with van der Waals surface area (Å²) in [7, 11) is 0. The molecule has 2 heterocycles. The van der Waals surface area contributed by atoms with Crippen molar-refractivity contribution >= 4 is 11.8 Å². The lowest BCUT2D eigenvalue weighted by Gasteiger charge is -2.26. The van der Waals surface area contributed by atoms with E-state index in [2.05, 4.69) is 10.3 Å². The Bertz CT molecular complexity index is 478. The summed E-state index contributed by atoms with van der Waals surface area (Å²) in [6.45, 7) is 0.494. The van der Waals surface area contributed by atoms with Gasteiger partial charge >= 0.3 is 12.3 Å². The van der Waals surface area contributed by atoms with Crippen LogP contribution in [0.2, 0.25) is 0 Å². The summed E-state index contributed by atoms with van der Waals surface area (Å²) in [5.41, 5.74) is -0.572. The summed E-state index contributed by atoms with van der Waals surface area (Å²) >= 11 is 0. The Kier molecular flexibility index (Phi) is 3.50. The summed E-state index contributed by atoms with van der Waals surface area (Å²) in [5, 5.41) is 11.0. The van der Waals surface area contributed by atoms with E-state index >= 15 is 0 Å². The fraction of sp³-hybridized carbons (Fsp3) is 0.455. The first-order valence-electron chi connectivity index (χ1n) is 5.66. The van der Waals surface area contributed by atoms with Gasteiger partial charge in [0.1, 0.15) is 6.17 Å². The molecule has 104 valence electrons. The van der Waals surface area contributed by atoms with Gasteiger partial charge in [-0.05, 0) is 18.9 Å². The number of nitrogens with zero attached hydrogens (tertiary/aromatic N) is 2. The van der Waals surface area contributed by atoms with Gasteiger partial charge in [-0.15, -0.1) is 0 Å². The molecular weight excluding hydrogens is 263 g/mol. The topological polar surface area (TPSA) is 65.5 Å². The minimum absolute atomic E-state index is 0.270. The first-order valence-corrected chi connectivity index (χ1v) is 5.66. The molecule has 19 heavy (non-hydrogen) atoms. The van der Waals surface area contributed by atoms with E-state index in [9.17, 15) is 18.0 Å². The van der Waals surface area contributed by atoms with Crippen molar-refractivity contribution in [2.24, 2.45) is 0 Å². The minimum atomic E-state index is -4.46. The monoisotopic (exact) mass is 275 g/mol. The van der Waals surface area contributed by atoms with Crippen LogP contribution in [-0.2, 0) is 6.18 Å². The van der Waals surface area contributed by atoms with Gasteiger partial charge in [0.05, 0.1) is 17.4 Å². The van der Waals surface area contributed by atoms with Crippen LogP contribution < -0.4 is 10.2 Å². The molecule has 1 unspecified atom stereocenters. The molecule has 0 saturated carbocycles. The van der Waals surface area contributed by atoms with Crippen molar-refractivity contribution in [1.29, 1.82) is 0 Å². The van der Waals surface area contributed by atoms with Crippen LogP contribution in [0, 0.1) is 0 Å². The Morgan fingerprint density at radius 3 is 2.84 bits per heavy atom. The van der Waals surface area contributed by atoms with Crippen LogP contribution in [-0.4, -0.2) is 28.9 Å². The summed E-state index contributed by atoms with van der Waals surface area (Å²) < 4.78 is 37.8. The van der Waals surface area contributed by atoms with Gasteiger partial charge in [0.25, 0.3) is 0 Å². The molecule has 1 aliphatic heterocycles. The number of nitrogens with one attached hydrogen (secondary N) is 1. The third kappa shape index (κ3) is 3.07. The van der Waals surface area contributed by atoms with Crippen molar-refractivity contribution < 1.29 is 23.1 Å². The molecule has 1 atom stereocenters. The van der Waals surface area contributed by atoms with Crippen molar-refractivity contribution in [2.75, 3.05) is 11.4 Å². The van der Waals surface area contributed by atoms with Gasteiger partial charge in [-0.25, -0.2) is 4.79 Å². The molecule has 0 spiro atoms. The number of halogens is 3. The van der Waals surface area contributed by atoms with Gasteiger partial charge in [-0.1, -0.05) is 0 Å². The van der Waals surface area contributed by atoms with Crippen LogP contribution in [0.25, 0.3) is 0 Å². The molecule has 1 amide bonds. The first kappa shape index (κ1) is 13.4. The van der Waals surface area contributed by atoms with E-state index in [-0.39, 0.29) is 5.69 Å². The second kappa shape index (κ2) is 4.94. The van der Waals surface area contributed by atoms with Gasteiger partial charge < -0.3 is 15.3 Å². The fourth-order valence-corrected chi connectivity index (χ4v) is 2.11. The highest BCUT2D eigenvalue weighted by atomic mass is 19.4. The fourth-order valence-electron chi connectivity index (χ4n) is 2.11. The van der Waals surface area contributed by atoms with E-state index in [0.717, 1.165) is 12.3 Å². The van der Waals surface area contributed by atoms with Crippen molar-refractivity contribution in [3.05, 3.63) is 24.0 Å². The third-order valence-electron chi connectivity index (χ3n) is 2.93. The Balaban J connectivity index is 2.23. The summed E-state index contributed by atoms with van der Waals surface area (Å²) in [5.74, 6) is 0. The predicted molar refractivity (Wildman–Crippen MR) is 60.8 cm³/mol. The molecule has 0 aromatic carbocycles. The zero-order valence-corrected chi connectivity index (χ0v) is 9.81. The Hall–Kier alpha value is -1.99. The molecule has 1 saturated heterocycles. The predicted octanol–water partition coefficient (Wildman–Crippen LogP) is 2.29. The number of carbonyl (C=O) groups is 1. The molecule has 2 N–H and O–H groups in total. The number of hydrogen-bond donors (Lipinski definition) is 2. The Labute approximate surface area is 107 Å². The smallest absolute Gasteiger partial charge is 0.417 e. The highest BCUT2D eigenvalue weighted by Crippen LogP contribution is 2.32. The second-order valence-electron chi connectivity index (χ2n) is 4.23. The van der Waals surface area contributed by atoms with Crippen LogP contribution in [0.3, 0.4) is 0 Å². The summed E-state index contributed by atoms with van der Waals surface area (Å²) in [4.78, 5) is 15.8. The van der Waals surface area contributed by atoms with E-state index in [1.807, 2.05) is 0 Å². The number of pyridine rings is 1. The first-order chi connectivity index (χ1) is 8.88. The molecule has 0 bridgehead atoms. The molecule has 1 aromatic rings. The average Bonchev–Trinajstić information content (AvgIpc) is 2.75. The maximum atomic E-state index is 12.6. The third-order valence-corrected chi connectivity index (χ3v) is 2.93. The highest BCUT2D eigenvalue weighted by molar-refractivity contribution is 5.66. The molecule has 2 rings (SSSR count). The number of anilines is 1. The quantitative estimate of drug-likeness (QED) is 0.869. The Morgan fingerprint density at radius 2 is 2.21 bits per heavy atom. The van der Waals surface area contributed by atoms with Gasteiger partial charge in [0, 0.05) is 12.7 Å². The lowest BCUT2D eigenvalue weighted by Crippen LogP contribution is -2.43. The number of alkyl halides is 3. The molecule has 1 aliphatic rings. The van der Waals surface area contributed by atoms with E-state index in [1.165, 1.54) is 6.20 Å². The molecule has 1 aromatic heterocycles. The van der Waals surface area contributed by atoms with Gasteiger partial charge in [-0.3, -0.25) is 4.98 Å². The van der Waals surface area contributed by atoms with Crippen LogP contribution in [0.15, 0.2) is 18.5 Å². The molecule has 5 nitrogen and oxygen atoms in total. The van der Waals surface area contributed by atoms with Crippen LogP contribution in [0.1, 0.15) is 18.4 Å². The van der Waals surface area contributed by atoms with Crippen LogP contribution in [0.4, 0.5) is 23.7 Å². The number of carboxylic acid groups (broad SMARTS) is 1. The molecule has 8 heteroatoms. The number of rotatable bonds is 2. The standard InChI is InChI=1S/C11H12F3N3O2/c12-11(13,14)7-4-8(6-15-5-7)17-3-1-2-9(17)16-10(18)19/h4-6,9,16H,1-3H2,(H,18,19). The normalized spacial score (nSPS) is 19.5. The minimum Gasteiger partial charge on any atom is -0.465 e. The van der Waals surface area contributed by atoms with Crippen molar-refractivity contribution in [3.8, 4) is 0 Å². The van der Waals surface area contributed by atoms with Crippen molar-refractivity contribution in [2.45, 2.75) is 25.2 Å². The van der Waals surface area contributed by atoms with Crippen molar-refractivity contribution in [1.82, 2.24) is 10.3 Å². The van der Waals surface area contributed by atoms with Gasteiger partial charge in [0.2, 0.25) is 0 Å². The van der Waals surface area contributed by atoms with E-state index in [4.69, 9.17) is 5.11 Å². The SMILES string of the molecule is O=C(O)NC1CCCN1c1cncc(C(F)(F)F)c1. The largest absolute Gasteiger partial charge is 0.465 e. The van der Waals surface area contributed by atoms with E-state index in [1.54, 1.807) is 4.90 Å². The summed E-state index contributed by atoms with van der Waals surface area (Å²) in [6.07, 6.45) is -2.85. The number of amides is 1. The molecular formula is C11H12F3N3O2. The molecule has 0 aliphatic carbocycles. The second-order valence-corrected chi connectivity index (χ2v) is 4.23. The van der Waals surface area contributed by atoms with Crippen molar-refractivity contribution in [3.63, 3.8) is 0 Å². The van der Waals surface area contributed by atoms with Gasteiger partial charge in [0.15, 0.2) is 0 Å². The maximum Gasteiger partial charge on any atom is 0.417 e.